The van der Waals surface area contributed by atoms with E-state index in [0.29, 0.717) is 11.3 Å². The van der Waals surface area contributed by atoms with Crippen LogP contribution in [0.25, 0.3) is 0 Å². The first-order valence-corrected chi connectivity index (χ1v) is 6.87. The third kappa shape index (κ3) is 3.47. The van der Waals surface area contributed by atoms with Gasteiger partial charge >= 0.3 is 5.97 Å². The van der Waals surface area contributed by atoms with Gasteiger partial charge in [-0.15, -0.1) is 0 Å². The summed E-state index contributed by atoms with van der Waals surface area (Å²) >= 11 is 3.25. The third-order valence-corrected chi connectivity index (χ3v) is 3.74. The number of halogens is 1. The predicted octanol–water partition coefficient (Wildman–Crippen LogP) is 1.81. The monoisotopic (exact) mass is 326 g/mol. The molecule has 102 valence electrons. The fraction of sp³-hybridized carbons (Fsp3) is 0.385. The molecule has 0 unspecified atom stereocenters. The van der Waals surface area contributed by atoms with Gasteiger partial charge in [-0.25, -0.2) is 4.79 Å². The van der Waals surface area contributed by atoms with Gasteiger partial charge in [-0.2, -0.15) is 0 Å². The van der Waals surface area contributed by atoms with Crippen LogP contribution in [0.15, 0.2) is 22.7 Å². The van der Waals surface area contributed by atoms with Crippen LogP contribution >= 0.6 is 15.9 Å². The normalized spacial score (nSPS) is 14.5. The second kappa shape index (κ2) is 6.06. The summed E-state index contributed by atoms with van der Waals surface area (Å²) in [4.78, 5) is 25.2. The molecular formula is C13H15BrN2O3. The van der Waals surface area contributed by atoms with Gasteiger partial charge in [0.05, 0.1) is 5.56 Å². The molecule has 1 fully saturated rings. The first-order chi connectivity index (χ1) is 9.08. The highest BCUT2D eigenvalue weighted by molar-refractivity contribution is 9.10. The van der Waals surface area contributed by atoms with Crippen LogP contribution in [-0.4, -0.2) is 36.5 Å². The van der Waals surface area contributed by atoms with Crippen LogP contribution < -0.4 is 5.73 Å². The zero-order valence-electron chi connectivity index (χ0n) is 10.4. The van der Waals surface area contributed by atoms with Crippen LogP contribution in [0.1, 0.15) is 23.2 Å². The summed E-state index contributed by atoms with van der Waals surface area (Å²) in [6, 6.07) is 4.80. The Morgan fingerprint density at radius 3 is 2.63 bits per heavy atom. The van der Waals surface area contributed by atoms with E-state index < -0.39 is 5.97 Å². The summed E-state index contributed by atoms with van der Waals surface area (Å²) in [5.41, 5.74) is 6.49. The number of carbonyl (C=O) groups excluding carboxylic acids is 2. The fourth-order valence-corrected chi connectivity index (χ4v) is 2.19. The average molecular weight is 327 g/mol. The Morgan fingerprint density at radius 2 is 2.00 bits per heavy atom. The van der Waals surface area contributed by atoms with E-state index in [4.69, 9.17) is 10.5 Å². The number of nitrogens with zero attached hydrogens (tertiary/aromatic N) is 1. The predicted molar refractivity (Wildman–Crippen MR) is 74.7 cm³/mol. The van der Waals surface area contributed by atoms with Gasteiger partial charge in [0.25, 0.3) is 5.91 Å². The van der Waals surface area contributed by atoms with E-state index in [1.807, 2.05) is 0 Å². The van der Waals surface area contributed by atoms with Crippen molar-refractivity contribution in [1.29, 1.82) is 0 Å². The molecule has 2 N–H and O–H groups in total. The lowest BCUT2D eigenvalue weighted by Gasteiger charge is -2.15. The molecule has 0 aliphatic carbocycles. The number of esters is 1. The van der Waals surface area contributed by atoms with Gasteiger partial charge in [-0.05, 0) is 47.0 Å². The molecule has 2 rings (SSSR count). The number of benzene rings is 1. The summed E-state index contributed by atoms with van der Waals surface area (Å²) < 4.78 is 5.72. The lowest BCUT2D eigenvalue weighted by molar-refractivity contribution is -0.133. The standard InChI is InChI=1S/C13H15BrN2O3/c14-10-4-3-9(7-11(10)15)13(18)19-8-12(17)16-5-1-2-6-16/h3-4,7H,1-2,5-6,8,15H2. The van der Waals surface area contributed by atoms with E-state index in [-0.39, 0.29) is 12.5 Å². The number of anilines is 1. The molecule has 0 saturated carbocycles. The summed E-state index contributed by atoms with van der Waals surface area (Å²) in [5, 5.41) is 0. The SMILES string of the molecule is Nc1cc(C(=O)OCC(=O)N2CCCC2)ccc1Br. The highest BCUT2D eigenvalue weighted by Gasteiger charge is 2.19. The van der Waals surface area contributed by atoms with Crippen molar-refractivity contribution in [3.8, 4) is 0 Å². The molecule has 1 aliphatic heterocycles. The topological polar surface area (TPSA) is 72.6 Å². The van der Waals surface area contributed by atoms with Crippen LogP contribution in [0.3, 0.4) is 0 Å². The maximum atomic E-state index is 11.8. The third-order valence-electron chi connectivity index (χ3n) is 3.02. The summed E-state index contributed by atoms with van der Waals surface area (Å²) in [5.74, 6) is -0.678. The smallest absolute Gasteiger partial charge is 0.338 e. The van der Waals surface area contributed by atoms with Crippen LogP contribution in [0.2, 0.25) is 0 Å². The highest BCUT2D eigenvalue weighted by Crippen LogP contribution is 2.20. The molecule has 1 saturated heterocycles. The Hall–Kier alpha value is -1.56. The van der Waals surface area contributed by atoms with Gasteiger partial charge in [-0.1, -0.05) is 0 Å². The molecule has 0 bridgehead atoms. The van der Waals surface area contributed by atoms with Crippen molar-refractivity contribution < 1.29 is 14.3 Å². The number of hydrogen-bond donors (Lipinski definition) is 1. The van der Waals surface area contributed by atoms with E-state index in [1.165, 1.54) is 6.07 Å². The van der Waals surface area contributed by atoms with Crippen LogP contribution in [0, 0.1) is 0 Å². The number of nitrogen functional groups attached to an aromatic ring is 1. The fourth-order valence-electron chi connectivity index (χ4n) is 1.94. The second-order valence-electron chi connectivity index (χ2n) is 4.40. The summed E-state index contributed by atoms with van der Waals surface area (Å²) in [6.07, 6.45) is 2.03. The first-order valence-electron chi connectivity index (χ1n) is 6.08. The first kappa shape index (κ1) is 13.9. The quantitative estimate of drug-likeness (QED) is 0.679. The zero-order valence-corrected chi connectivity index (χ0v) is 12.0. The van der Waals surface area contributed by atoms with Crippen LogP contribution in [0.5, 0.6) is 0 Å². The molecule has 0 atom stereocenters. The van der Waals surface area contributed by atoms with Gasteiger partial charge in [0, 0.05) is 23.2 Å². The lowest BCUT2D eigenvalue weighted by Crippen LogP contribution is -2.32. The number of rotatable bonds is 3. The molecule has 0 aromatic heterocycles. The molecule has 1 aromatic rings. The van der Waals surface area contributed by atoms with Gasteiger partial charge < -0.3 is 15.4 Å². The Balaban J connectivity index is 1.90. The molecule has 0 spiro atoms. The lowest BCUT2D eigenvalue weighted by atomic mass is 10.2. The second-order valence-corrected chi connectivity index (χ2v) is 5.25. The minimum Gasteiger partial charge on any atom is -0.452 e. The van der Waals surface area contributed by atoms with Crippen molar-refractivity contribution in [1.82, 2.24) is 4.90 Å². The largest absolute Gasteiger partial charge is 0.452 e. The van der Waals surface area contributed by atoms with Crippen molar-refractivity contribution in [2.45, 2.75) is 12.8 Å². The van der Waals surface area contributed by atoms with Gasteiger partial charge in [-0.3, -0.25) is 4.79 Å². The zero-order chi connectivity index (χ0) is 13.8. The molecule has 0 radical (unpaired) electrons. The van der Waals surface area contributed by atoms with Crippen molar-refractivity contribution >= 4 is 33.5 Å². The Morgan fingerprint density at radius 1 is 1.32 bits per heavy atom. The molecule has 5 nitrogen and oxygen atoms in total. The van der Waals surface area contributed by atoms with Crippen molar-refractivity contribution in [2.75, 3.05) is 25.4 Å². The number of hydrogen-bond acceptors (Lipinski definition) is 4. The minimum absolute atomic E-state index is 0.143. The minimum atomic E-state index is -0.535. The number of likely N-dealkylation sites (tertiary alicyclic amines) is 1. The van der Waals surface area contributed by atoms with Gasteiger partial charge in [0.15, 0.2) is 6.61 Å². The van der Waals surface area contributed by atoms with Crippen LogP contribution in [-0.2, 0) is 9.53 Å². The van der Waals surface area contributed by atoms with Crippen molar-refractivity contribution in [3.63, 3.8) is 0 Å². The van der Waals surface area contributed by atoms with Crippen molar-refractivity contribution in [3.05, 3.63) is 28.2 Å². The van der Waals surface area contributed by atoms with E-state index in [9.17, 15) is 9.59 Å². The van der Waals surface area contributed by atoms with Gasteiger partial charge in [0.2, 0.25) is 0 Å². The molecule has 1 heterocycles. The van der Waals surface area contributed by atoms with E-state index >= 15 is 0 Å². The molecule has 19 heavy (non-hydrogen) atoms. The van der Waals surface area contributed by atoms with E-state index in [0.717, 1.165) is 30.4 Å². The number of carbonyl (C=O) groups is 2. The van der Waals surface area contributed by atoms with Crippen molar-refractivity contribution in [2.24, 2.45) is 0 Å². The van der Waals surface area contributed by atoms with Gasteiger partial charge in [0.1, 0.15) is 0 Å². The molecular weight excluding hydrogens is 312 g/mol. The number of ether oxygens (including phenoxy) is 1. The molecule has 6 heteroatoms. The number of amides is 1. The Labute approximate surface area is 119 Å². The summed E-state index contributed by atoms with van der Waals surface area (Å²) in [7, 11) is 0. The Kier molecular flexibility index (Phi) is 4.42. The summed E-state index contributed by atoms with van der Waals surface area (Å²) in [6.45, 7) is 1.29. The maximum Gasteiger partial charge on any atom is 0.338 e. The average Bonchev–Trinajstić information content (AvgIpc) is 2.92. The molecule has 1 amide bonds. The molecule has 1 aliphatic rings. The van der Waals surface area contributed by atoms with E-state index in [1.54, 1.807) is 17.0 Å². The van der Waals surface area contributed by atoms with Crippen LogP contribution in [0.4, 0.5) is 5.69 Å². The Bertz CT molecular complexity index is 499. The molecule has 1 aromatic carbocycles. The highest BCUT2D eigenvalue weighted by atomic mass is 79.9. The van der Waals surface area contributed by atoms with E-state index in [2.05, 4.69) is 15.9 Å². The maximum absolute atomic E-state index is 11.8. The number of nitrogens with two attached hydrogens (primary N) is 1.